The van der Waals surface area contributed by atoms with E-state index in [0.29, 0.717) is 5.75 Å². The number of hydrogen-bond donors (Lipinski definition) is 2. The van der Waals surface area contributed by atoms with Crippen molar-refractivity contribution in [1.29, 1.82) is 0 Å². The number of amides is 1. The van der Waals surface area contributed by atoms with Crippen LogP contribution in [0, 0.1) is 0 Å². The number of para-hydroxylation sites is 1. The summed E-state index contributed by atoms with van der Waals surface area (Å²) in [7, 11) is 0. The van der Waals surface area contributed by atoms with Crippen LogP contribution >= 0.6 is 0 Å². The minimum atomic E-state index is -0.661. The number of ether oxygens (including phenoxy) is 1. The molecule has 0 bridgehead atoms. The number of nitrogens with two attached hydrogens (primary N) is 1. The molecule has 0 spiro atoms. The fraction of sp³-hybridized carbons (Fsp3) is 0.214. The van der Waals surface area contributed by atoms with Crippen LogP contribution in [0.4, 0.5) is 5.69 Å². The molecule has 0 fully saturated rings. The van der Waals surface area contributed by atoms with Crippen molar-refractivity contribution in [1.82, 2.24) is 9.97 Å². The largest absolute Gasteiger partial charge is 0.435 e. The molecular weight excluding hydrogens is 256 g/mol. The highest BCUT2D eigenvalue weighted by molar-refractivity contribution is 5.93. The third-order valence-corrected chi connectivity index (χ3v) is 3.14. The van der Waals surface area contributed by atoms with E-state index in [4.69, 9.17) is 10.5 Å². The lowest BCUT2D eigenvalue weighted by Gasteiger charge is -2.20. The van der Waals surface area contributed by atoms with Gasteiger partial charge in [0.15, 0.2) is 11.4 Å². The van der Waals surface area contributed by atoms with Crippen molar-refractivity contribution in [2.45, 2.75) is 12.8 Å². The van der Waals surface area contributed by atoms with Crippen LogP contribution in [0.2, 0.25) is 0 Å². The number of nitrogens with zero attached hydrogens (tertiary/aromatic N) is 2. The van der Waals surface area contributed by atoms with Crippen LogP contribution in [-0.4, -0.2) is 22.4 Å². The number of primary amides is 1. The topological polar surface area (TPSA) is 90.1 Å². The summed E-state index contributed by atoms with van der Waals surface area (Å²) >= 11 is 0. The second kappa shape index (κ2) is 5.16. The smallest absolute Gasteiger partial charge is 0.272 e. The van der Waals surface area contributed by atoms with Gasteiger partial charge in [0.1, 0.15) is 0 Å². The molecule has 0 radical (unpaired) electrons. The molecule has 0 saturated carbocycles. The number of carbonyl (C=O) groups is 1. The highest BCUT2D eigenvalue weighted by atomic mass is 16.5. The van der Waals surface area contributed by atoms with E-state index in [-0.39, 0.29) is 11.6 Å². The maximum Gasteiger partial charge on any atom is 0.272 e. The Labute approximate surface area is 116 Å². The maximum atomic E-state index is 11.3. The summed E-state index contributed by atoms with van der Waals surface area (Å²) in [6.45, 7) is 0.899. The number of fused-ring (bicyclic) bond motifs is 1. The number of anilines is 1. The van der Waals surface area contributed by atoms with Crippen LogP contribution in [0.3, 0.4) is 0 Å². The first kappa shape index (κ1) is 12.4. The van der Waals surface area contributed by atoms with Gasteiger partial charge in [-0.2, -0.15) is 0 Å². The highest BCUT2D eigenvalue weighted by Crippen LogP contribution is 2.34. The van der Waals surface area contributed by atoms with Crippen molar-refractivity contribution >= 4 is 11.6 Å². The molecule has 1 aromatic carbocycles. The average molecular weight is 270 g/mol. The van der Waals surface area contributed by atoms with Crippen molar-refractivity contribution in [3.63, 3.8) is 0 Å². The molecule has 1 aromatic heterocycles. The van der Waals surface area contributed by atoms with E-state index >= 15 is 0 Å². The third-order valence-electron chi connectivity index (χ3n) is 3.14. The molecular formula is C14H14N4O2. The molecule has 2 heterocycles. The van der Waals surface area contributed by atoms with Crippen LogP contribution in [0.25, 0.3) is 0 Å². The zero-order valence-corrected chi connectivity index (χ0v) is 10.8. The number of benzene rings is 1. The zero-order chi connectivity index (χ0) is 13.9. The Morgan fingerprint density at radius 1 is 1.30 bits per heavy atom. The van der Waals surface area contributed by atoms with Gasteiger partial charge in [-0.05, 0) is 24.5 Å². The fourth-order valence-corrected chi connectivity index (χ4v) is 2.24. The second-order valence-electron chi connectivity index (χ2n) is 4.50. The van der Waals surface area contributed by atoms with Gasteiger partial charge in [0, 0.05) is 18.9 Å². The van der Waals surface area contributed by atoms with Gasteiger partial charge < -0.3 is 15.8 Å². The number of carbonyl (C=O) groups excluding carboxylic acids is 1. The molecule has 0 saturated heterocycles. The molecule has 20 heavy (non-hydrogen) atoms. The Morgan fingerprint density at radius 3 is 3.00 bits per heavy atom. The van der Waals surface area contributed by atoms with Crippen molar-refractivity contribution in [2.24, 2.45) is 5.73 Å². The summed E-state index contributed by atoms with van der Waals surface area (Å²) in [5.74, 6) is 0.0943. The second-order valence-corrected chi connectivity index (χ2v) is 4.50. The molecule has 1 amide bonds. The highest BCUT2D eigenvalue weighted by Gasteiger charge is 2.17. The molecule has 3 N–H and O–H groups in total. The first-order valence-electron chi connectivity index (χ1n) is 6.40. The van der Waals surface area contributed by atoms with E-state index in [1.54, 1.807) is 0 Å². The van der Waals surface area contributed by atoms with Gasteiger partial charge in [-0.15, -0.1) is 0 Å². The van der Waals surface area contributed by atoms with Gasteiger partial charge in [0.2, 0.25) is 0 Å². The Kier molecular flexibility index (Phi) is 3.20. The van der Waals surface area contributed by atoms with Crippen molar-refractivity contribution in [2.75, 3.05) is 11.9 Å². The minimum absolute atomic E-state index is 0.0286. The lowest BCUT2D eigenvalue weighted by atomic mass is 10.0. The van der Waals surface area contributed by atoms with Gasteiger partial charge in [-0.25, -0.2) is 9.97 Å². The zero-order valence-electron chi connectivity index (χ0n) is 10.8. The van der Waals surface area contributed by atoms with E-state index in [1.807, 2.05) is 12.1 Å². The van der Waals surface area contributed by atoms with Crippen molar-refractivity contribution < 1.29 is 9.53 Å². The number of hydrogen-bond acceptors (Lipinski definition) is 5. The lowest BCUT2D eigenvalue weighted by molar-refractivity contribution is 0.0992. The summed E-state index contributed by atoms with van der Waals surface area (Å²) in [5.41, 5.74) is 7.43. The quantitative estimate of drug-likeness (QED) is 0.886. The van der Waals surface area contributed by atoms with Gasteiger partial charge in [0.05, 0.1) is 5.69 Å². The summed E-state index contributed by atoms with van der Waals surface area (Å²) in [6, 6.07) is 5.80. The normalized spacial score (nSPS) is 13.2. The van der Waals surface area contributed by atoms with Crippen LogP contribution in [0.5, 0.6) is 11.6 Å². The van der Waals surface area contributed by atoms with Gasteiger partial charge in [-0.3, -0.25) is 4.79 Å². The minimum Gasteiger partial charge on any atom is -0.435 e. The molecule has 6 nitrogen and oxygen atoms in total. The van der Waals surface area contributed by atoms with Crippen LogP contribution in [0.15, 0.2) is 30.6 Å². The molecule has 6 heteroatoms. The Hall–Kier alpha value is -2.63. The molecule has 1 aliphatic heterocycles. The fourth-order valence-electron chi connectivity index (χ4n) is 2.24. The van der Waals surface area contributed by atoms with Crippen molar-refractivity contribution in [3.8, 4) is 11.6 Å². The molecule has 1 aliphatic rings. The van der Waals surface area contributed by atoms with E-state index in [2.05, 4.69) is 21.4 Å². The molecule has 0 atom stereocenters. The SMILES string of the molecule is NC(=O)c1nccnc1Oc1cccc2c1NCCC2. The number of aryl methyl sites for hydroxylation is 1. The first-order valence-corrected chi connectivity index (χ1v) is 6.40. The molecule has 3 rings (SSSR count). The summed E-state index contributed by atoms with van der Waals surface area (Å²) in [6.07, 6.45) is 4.97. The first-order chi connectivity index (χ1) is 9.75. The summed E-state index contributed by atoms with van der Waals surface area (Å²) < 4.78 is 5.73. The molecule has 2 aromatic rings. The number of aromatic nitrogens is 2. The van der Waals surface area contributed by atoms with E-state index < -0.39 is 5.91 Å². The summed E-state index contributed by atoms with van der Waals surface area (Å²) in [5, 5.41) is 3.31. The maximum absolute atomic E-state index is 11.3. The lowest BCUT2D eigenvalue weighted by Crippen LogP contribution is -2.16. The molecule has 0 aliphatic carbocycles. The van der Waals surface area contributed by atoms with Gasteiger partial charge >= 0.3 is 0 Å². The van der Waals surface area contributed by atoms with Gasteiger partial charge in [-0.1, -0.05) is 12.1 Å². The Bertz CT molecular complexity index is 657. The Morgan fingerprint density at radius 2 is 2.15 bits per heavy atom. The monoisotopic (exact) mass is 270 g/mol. The number of nitrogens with one attached hydrogen (secondary N) is 1. The molecule has 102 valence electrons. The third kappa shape index (κ3) is 2.27. The van der Waals surface area contributed by atoms with E-state index in [1.165, 1.54) is 18.0 Å². The van der Waals surface area contributed by atoms with Gasteiger partial charge in [0.25, 0.3) is 11.8 Å². The van der Waals surface area contributed by atoms with Crippen LogP contribution in [-0.2, 0) is 6.42 Å². The van der Waals surface area contributed by atoms with E-state index in [0.717, 1.165) is 25.1 Å². The van der Waals surface area contributed by atoms with Crippen LogP contribution in [0.1, 0.15) is 22.5 Å². The predicted molar refractivity (Wildman–Crippen MR) is 73.9 cm³/mol. The van der Waals surface area contributed by atoms with E-state index in [9.17, 15) is 4.79 Å². The Balaban J connectivity index is 1.98. The molecule has 0 unspecified atom stereocenters. The van der Waals surface area contributed by atoms with Crippen LogP contribution < -0.4 is 15.8 Å². The average Bonchev–Trinajstić information content (AvgIpc) is 2.48. The standard InChI is InChI=1S/C14H14N4O2/c15-13(19)12-14(18-8-7-17-12)20-10-5-1-3-9-4-2-6-16-11(9)10/h1,3,5,7-8,16H,2,4,6H2,(H2,15,19). The van der Waals surface area contributed by atoms with Crippen molar-refractivity contribution in [3.05, 3.63) is 41.9 Å². The number of rotatable bonds is 3. The summed E-state index contributed by atoms with van der Waals surface area (Å²) in [4.78, 5) is 19.3. The predicted octanol–water partition coefficient (Wildman–Crippen LogP) is 1.73.